The van der Waals surface area contributed by atoms with E-state index in [9.17, 15) is 13.2 Å². The van der Waals surface area contributed by atoms with Crippen LogP contribution in [-0.4, -0.2) is 34.0 Å². The van der Waals surface area contributed by atoms with E-state index >= 15 is 0 Å². The molecule has 0 bridgehead atoms. The second-order valence-corrected chi connectivity index (χ2v) is 8.42. The van der Waals surface area contributed by atoms with Crippen molar-refractivity contribution in [1.29, 1.82) is 0 Å². The molecule has 0 aliphatic rings. The maximum Gasteiger partial charge on any atom is 0.240 e. The van der Waals surface area contributed by atoms with E-state index < -0.39 is 10.0 Å². The van der Waals surface area contributed by atoms with Crippen LogP contribution in [0.5, 0.6) is 0 Å². The van der Waals surface area contributed by atoms with Crippen LogP contribution in [0.3, 0.4) is 0 Å². The number of carbonyl (C=O) groups is 1. The van der Waals surface area contributed by atoms with Gasteiger partial charge < -0.3 is 10.2 Å². The molecule has 1 amide bonds. The average Bonchev–Trinajstić information content (AvgIpc) is 2.65. The zero-order valence-corrected chi connectivity index (χ0v) is 17.8. The number of sulfonamides is 1. The van der Waals surface area contributed by atoms with Crippen LogP contribution in [0.1, 0.15) is 31.4 Å². The summed E-state index contributed by atoms with van der Waals surface area (Å²) < 4.78 is 27.4. The van der Waals surface area contributed by atoms with Gasteiger partial charge in [0.05, 0.1) is 4.90 Å². The largest absolute Gasteiger partial charge is 0.372 e. The zero-order valence-electron chi connectivity index (χ0n) is 17.0. The Labute approximate surface area is 168 Å². The molecule has 0 aliphatic heterocycles. The Kier molecular flexibility index (Phi) is 7.60. The van der Waals surface area contributed by atoms with Crippen LogP contribution in [0.15, 0.2) is 47.4 Å². The highest BCUT2D eigenvalue weighted by Crippen LogP contribution is 2.18. The molecule has 0 saturated carbocycles. The van der Waals surface area contributed by atoms with Crippen molar-refractivity contribution in [3.05, 3.63) is 53.6 Å². The standard InChI is InChI=1S/C21H29N3O3S/c1-5-24(6-2)19-11-9-18(10-12-19)23-21(25)13-14-22-28(26,27)20-15-16(3)7-8-17(20)4/h7-12,15,22H,5-6,13-14H2,1-4H3,(H,23,25). The summed E-state index contributed by atoms with van der Waals surface area (Å²) in [5.74, 6) is -0.237. The van der Waals surface area contributed by atoms with E-state index in [1.54, 1.807) is 19.1 Å². The molecule has 2 rings (SSSR count). The molecule has 0 spiro atoms. The summed E-state index contributed by atoms with van der Waals surface area (Å²) in [6.07, 6.45) is 0.0574. The molecular weight excluding hydrogens is 374 g/mol. The fraction of sp³-hybridized carbons (Fsp3) is 0.381. The summed E-state index contributed by atoms with van der Waals surface area (Å²) in [6.45, 7) is 9.67. The third-order valence-electron chi connectivity index (χ3n) is 4.56. The van der Waals surface area contributed by atoms with Crippen molar-refractivity contribution in [2.24, 2.45) is 0 Å². The molecule has 0 unspecified atom stereocenters. The number of hydrogen-bond acceptors (Lipinski definition) is 4. The molecule has 2 aromatic rings. The van der Waals surface area contributed by atoms with E-state index in [0.29, 0.717) is 11.3 Å². The van der Waals surface area contributed by atoms with Gasteiger partial charge >= 0.3 is 0 Å². The molecule has 0 heterocycles. The van der Waals surface area contributed by atoms with Crippen LogP contribution < -0.4 is 14.9 Å². The fourth-order valence-corrected chi connectivity index (χ4v) is 4.30. The molecule has 0 radical (unpaired) electrons. The van der Waals surface area contributed by atoms with Crippen LogP contribution in [0.4, 0.5) is 11.4 Å². The summed E-state index contributed by atoms with van der Waals surface area (Å²) in [7, 11) is -3.64. The van der Waals surface area contributed by atoms with Crippen LogP contribution >= 0.6 is 0 Å². The van der Waals surface area contributed by atoms with Gasteiger partial charge in [-0.1, -0.05) is 12.1 Å². The molecule has 2 N–H and O–H groups in total. The molecule has 0 fully saturated rings. The number of benzene rings is 2. The zero-order chi connectivity index (χ0) is 20.7. The van der Waals surface area contributed by atoms with Gasteiger partial charge in [0.25, 0.3) is 0 Å². The number of hydrogen-bond donors (Lipinski definition) is 2. The Hall–Kier alpha value is -2.38. The Bertz CT molecular complexity index is 905. The number of nitrogens with zero attached hydrogens (tertiary/aromatic N) is 1. The molecule has 6 nitrogen and oxygen atoms in total. The predicted octanol–water partition coefficient (Wildman–Crippen LogP) is 3.46. The van der Waals surface area contributed by atoms with E-state index in [1.807, 2.05) is 37.3 Å². The van der Waals surface area contributed by atoms with Gasteiger partial charge in [-0.25, -0.2) is 13.1 Å². The fourth-order valence-electron chi connectivity index (χ4n) is 2.94. The molecule has 28 heavy (non-hydrogen) atoms. The summed E-state index contributed by atoms with van der Waals surface area (Å²) in [5.41, 5.74) is 3.34. The lowest BCUT2D eigenvalue weighted by molar-refractivity contribution is -0.116. The van der Waals surface area contributed by atoms with Gasteiger partial charge in [-0.3, -0.25) is 4.79 Å². The van der Waals surface area contributed by atoms with Gasteiger partial charge in [0.2, 0.25) is 15.9 Å². The van der Waals surface area contributed by atoms with Crippen LogP contribution in [-0.2, 0) is 14.8 Å². The lowest BCUT2D eigenvalue weighted by atomic mass is 10.2. The second-order valence-electron chi connectivity index (χ2n) is 6.68. The molecule has 0 atom stereocenters. The minimum Gasteiger partial charge on any atom is -0.372 e. The summed E-state index contributed by atoms with van der Waals surface area (Å²) in [4.78, 5) is 14.6. The second kappa shape index (κ2) is 9.71. The van der Waals surface area contributed by atoms with E-state index in [4.69, 9.17) is 0 Å². The molecule has 7 heteroatoms. The van der Waals surface area contributed by atoms with Crippen LogP contribution in [0, 0.1) is 13.8 Å². The lowest BCUT2D eigenvalue weighted by Gasteiger charge is -2.21. The van der Waals surface area contributed by atoms with Crippen molar-refractivity contribution in [2.75, 3.05) is 29.9 Å². The summed E-state index contributed by atoms with van der Waals surface area (Å²) in [5, 5.41) is 2.80. The molecule has 2 aromatic carbocycles. The summed E-state index contributed by atoms with van der Waals surface area (Å²) in [6, 6.07) is 12.9. The van der Waals surface area contributed by atoms with Gasteiger partial charge in [-0.2, -0.15) is 0 Å². The van der Waals surface area contributed by atoms with Crippen molar-refractivity contribution in [3.63, 3.8) is 0 Å². The smallest absolute Gasteiger partial charge is 0.240 e. The molecule has 0 aromatic heterocycles. The number of carbonyl (C=O) groups excluding carboxylic acids is 1. The quantitative estimate of drug-likeness (QED) is 0.672. The highest BCUT2D eigenvalue weighted by molar-refractivity contribution is 7.89. The van der Waals surface area contributed by atoms with Crippen molar-refractivity contribution in [2.45, 2.75) is 39.0 Å². The minimum atomic E-state index is -3.64. The highest BCUT2D eigenvalue weighted by atomic mass is 32.2. The van der Waals surface area contributed by atoms with E-state index in [2.05, 4.69) is 28.8 Å². The lowest BCUT2D eigenvalue weighted by Crippen LogP contribution is -2.28. The van der Waals surface area contributed by atoms with Crippen molar-refractivity contribution >= 4 is 27.3 Å². The number of aryl methyl sites for hydroxylation is 2. The molecular formula is C21H29N3O3S. The van der Waals surface area contributed by atoms with E-state index in [1.165, 1.54) is 0 Å². The minimum absolute atomic E-state index is 0.0408. The van der Waals surface area contributed by atoms with E-state index in [-0.39, 0.29) is 23.8 Å². The third kappa shape index (κ3) is 5.81. The normalized spacial score (nSPS) is 11.3. The Morgan fingerprint density at radius 1 is 1.00 bits per heavy atom. The predicted molar refractivity (Wildman–Crippen MR) is 114 cm³/mol. The maximum atomic E-state index is 12.5. The topological polar surface area (TPSA) is 78.5 Å². The van der Waals surface area contributed by atoms with Crippen molar-refractivity contribution < 1.29 is 13.2 Å². The monoisotopic (exact) mass is 403 g/mol. The van der Waals surface area contributed by atoms with Crippen molar-refractivity contribution in [1.82, 2.24) is 4.72 Å². The van der Waals surface area contributed by atoms with Gasteiger partial charge in [-0.15, -0.1) is 0 Å². The SMILES string of the molecule is CCN(CC)c1ccc(NC(=O)CCNS(=O)(=O)c2cc(C)ccc2C)cc1. The van der Waals surface area contributed by atoms with Gasteiger partial charge in [-0.05, 0) is 69.2 Å². The molecule has 0 aliphatic carbocycles. The first-order valence-corrected chi connectivity index (χ1v) is 11.0. The van der Waals surface area contributed by atoms with Crippen molar-refractivity contribution in [3.8, 4) is 0 Å². The van der Waals surface area contributed by atoms with Crippen LogP contribution in [0.2, 0.25) is 0 Å². The molecule has 152 valence electrons. The first-order chi connectivity index (χ1) is 13.3. The first kappa shape index (κ1) is 21.9. The van der Waals surface area contributed by atoms with Gasteiger partial charge in [0, 0.05) is 37.4 Å². The van der Waals surface area contributed by atoms with Crippen LogP contribution in [0.25, 0.3) is 0 Å². The first-order valence-electron chi connectivity index (χ1n) is 9.48. The number of anilines is 2. The number of rotatable bonds is 9. The average molecular weight is 404 g/mol. The number of nitrogens with one attached hydrogen (secondary N) is 2. The Morgan fingerprint density at radius 3 is 2.25 bits per heavy atom. The van der Waals surface area contributed by atoms with Gasteiger partial charge in [0.15, 0.2) is 0 Å². The van der Waals surface area contributed by atoms with Gasteiger partial charge in [0.1, 0.15) is 0 Å². The Balaban J connectivity index is 1.89. The maximum absolute atomic E-state index is 12.5. The number of amides is 1. The molecule has 0 saturated heterocycles. The van der Waals surface area contributed by atoms with E-state index in [0.717, 1.165) is 24.3 Å². The third-order valence-corrected chi connectivity index (χ3v) is 6.16. The summed E-state index contributed by atoms with van der Waals surface area (Å²) >= 11 is 0. The highest BCUT2D eigenvalue weighted by Gasteiger charge is 2.17. The Morgan fingerprint density at radius 2 is 1.64 bits per heavy atom.